The van der Waals surface area contributed by atoms with Gasteiger partial charge in [-0.15, -0.1) is 0 Å². The third kappa shape index (κ3) is 5.31. The Morgan fingerprint density at radius 1 is 1.07 bits per heavy atom. The van der Waals surface area contributed by atoms with Crippen molar-refractivity contribution in [2.75, 3.05) is 18.5 Å². The molecule has 3 rings (SSSR count). The summed E-state index contributed by atoms with van der Waals surface area (Å²) in [7, 11) is 0. The molecule has 146 valence electrons. The number of carbonyl (C=O) groups is 1. The molecule has 1 aromatic heterocycles. The van der Waals surface area contributed by atoms with Gasteiger partial charge in [-0.3, -0.25) is 4.79 Å². The molecule has 0 spiro atoms. The number of hydrogen-bond donors (Lipinski definition) is 2. The molecule has 8 nitrogen and oxygen atoms in total. The van der Waals surface area contributed by atoms with E-state index in [0.717, 1.165) is 0 Å². The third-order valence-corrected chi connectivity index (χ3v) is 3.80. The summed E-state index contributed by atoms with van der Waals surface area (Å²) < 4.78 is 16.0. The van der Waals surface area contributed by atoms with Gasteiger partial charge in [-0.1, -0.05) is 12.1 Å². The first-order valence-electron chi connectivity index (χ1n) is 8.96. The van der Waals surface area contributed by atoms with Gasteiger partial charge in [0.1, 0.15) is 18.1 Å². The molecule has 0 bridgehead atoms. The predicted octanol–water partition coefficient (Wildman–Crippen LogP) is 2.80. The van der Waals surface area contributed by atoms with Crippen LogP contribution in [0.3, 0.4) is 0 Å². The number of nitrogens with zero attached hydrogens (tertiary/aromatic N) is 2. The SMILES string of the molecule is CCc1nc(COc2ccc(C(=O)Nc3ccc(OCCN)cc3)cc2)no1. The number of amides is 1. The zero-order valence-corrected chi connectivity index (χ0v) is 15.6. The van der Waals surface area contributed by atoms with E-state index >= 15 is 0 Å². The van der Waals surface area contributed by atoms with Crippen molar-refractivity contribution in [2.24, 2.45) is 5.73 Å². The molecule has 28 heavy (non-hydrogen) atoms. The lowest BCUT2D eigenvalue weighted by Gasteiger charge is -2.08. The normalized spacial score (nSPS) is 10.5. The minimum Gasteiger partial charge on any atom is -0.492 e. The average molecular weight is 382 g/mol. The van der Waals surface area contributed by atoms with Gasteiger partial charge in [-0.05, 0) is 48.5 Å². The van der Waals surface area contributed by atoms with Crippen LogP contribution in [-0.2, 0) is 13.0 Å². The molecule has 0 saturated heterocycles. The summed E-state index contributed by atoms with van der Waals surface area (Å²) >= 11 is 0. The van der Waals surface area contributed by atoms with Crippen molar-refractivity contribution in [2.45, 2.75) is 20.0 Å². The van der Waals surface area contributed by atoms with Gasteiger partial charge < -0.3 is 25.0 Å². The van der Waals surface area contributed by atoms with Gasteiger partial charge in [0.05, 0.1) is 0 Å². The molecule has 0 radical (unpaired) electrons. The number of aromatic nitrogens is 2. The van der Waals surface area contributed by atoms with Crippen molar-refractivity contribution in [1.82, 2.24) is 10.1 Å². The Hall–Kier alpha value is -3.39. The number of benzene rings is 2. The molecule has 0 unspecified atom stereocenters. The lowest BCUT2D eigenvalue weighted by molar-refractivity contribution is 0.102. The van der Waals surface area contributed by atoms with Gasteiger partial charge in [0.15, 0.2) is 6.61 Å². The largest absolute Gasteiger partial charge is 0.492 e. The number of ether oxygens (including phenoxy) is 2. The highest BCUT2D eigenvalue weighted by molar-refractivity contribution is 6.04. The van der Waals surface area contributed by atoms with Crippen LogP contribution in [0, 0.1) is 0 Å². The number of carbonyl (C=O) groups excluding carboxylic acids is 1. The quantitative estimate of drug-likeness (QED) is 0.585. The van der Waals surface area contributed by atoms with Crippen LogP contribution in [0.2, 0.25) is 0 Å². The predicted molar refractivity (Wildman–Crippen MR) is 103 cm³/mol. The summed E-state index contributed by atoms with van der Waals surface area (Å²) in [4.78, 5) is 16.5. The summed E-state index contributed by atoms with van der Waals surface area (Å²) in [6, 6.07) is 13.9. The second-order valence-electron chi connectivity index (χ2n) is 5.89. The fourth-order valence-electron chi connectivity index (χ4n) is 2.36. The van der Waals surface area contributed by atoms with E-state index in [1.807, 2.05) is 6.92 Å². The van der Waals surface area contributed by atoms with Gasteiger partial charge in [-0.25, -0.2) is 0 Å². The van der Waals surface area contributed by atoms with Crippen LogP contribution in [0.5, 0.6) is 11.5 Å². The molecule has 0 aliphatic carbocycles. The van der Waals surface area contributed by atoms with E-state index in [2.05, 4.69) is 15.5 Å². The Kier molecular flexibility index (Phi) is 6.59. The highest BCUT2D eigenvalue weighted by Gasteiger charge is 2.08. The lowest BCUT2D eigenvalue weighted by Crippen LogP contribution is -2.12. The van der Waals surface area contributed by atoms with Crippen LogP contribution in [-0.4, -0.2) is 29.2 Å². The molecule has 3 aromatic rings. The highest BCUT2D eigenvalue weighted by atomic mass is 16.5. The van der Waals surface area contributed by atoms with Crippen LogP contribution in [0.15, 0.2) is 53.1 Å². The monoisotopic (exact) mass is 382 g/mol. The first kappa shape index (κ1) is 19.4. The number of hydrogen-bond acceptors (Lipinski definition) is 7. The molecule has 0 fully saturated rings. The van der Waals surface area contributed by atoms with Crippen molar-refractivity contribution in [3.8, 4) is 11.5 Å². The minimum absolute atomic E-state index is 0.202. The maximum Gasteiger partial charge on any atom is 0.255 e. The maximum absolute atomic E-state index is 12.4. The second-order valence-corrected chi connectivity index (χ2v) is 5.89. The van der Waals surface area contributed by atoms with Gasteiger partial charge in [-0.2, -0.15) is 4.98 Å². The number of nitrogens with one attached hydrogen (secondary N) is 1. The average Bonchev–Trinajstić information content (AvgIpc) is 3.20. The van der Waals surface area contributed by atoms with Gasteiger partial charge in [0.25, 0.3) is 5.91 Å². The van der Waals surface area contributed by atoms with E-state index in [1.54, 1.807) is 48.5 Å². The van der Waals surface area contributed by atoms with Crippen LogP contribution in [0.4, 0.5) is 5.69 Å². The van der Waals surface area contributed by atoms with E-state index in [4.69, 9.17) is 19.7 Å². The Bertz CT molecular complexity index is 891. The highest BCUT2D eigenvalue weighted by Crippen LogP contribution is 2.18. The molecular weight excluding hydrogens is 360 g/mol. The van der Waals surface area contributed by atoms with Crippen LogP contribution in [0.1, 0.15) is 29.0 Å². The molecule has 0 atom stereocenters. The van der Waals surface area contributed by atoms with Gasteiger partial charge >= 0.3 is 0 Å². The molecule has 0 aliphatic heterocycles. The standard InChI is InChI=1S/C20H22N4O4/c1-2-19-23-18(24-28-19)13-27-17-7-3-14(4-8-17)20(25)22-15-5-9-16(10-6-15)26-12-11-21/h3-10H,2,11-13,21H2,1H3,(H,22,25). The second kappa shape index (κ2) is 9.52. The van der Waals surface area contributed by atoms with Crippen molar-refractivity contribution in [1.29, 1.82) is 0 Å². The van der Waals surface area contributed by atoms with Crippen molar-refractivity contribution < 1.29 is 18.8 Å². The number of rotatable bonds is 9. The summed E-state index contributed by atoms with van der Waals surface area (Å²) in [5.41, 5.74) is 6.59. The van der Waals surface area contributed by atoms with E-state index in [0.29, 0.717) is 54.0 Å². The van der Waals surface area contributed by atoms with Crippen LogP contribution < -0.4 is 20.5 Å². The van der Waals surface area contributed by atoms with E-state index in [-0.39, 0.29) is 12.5 Å². The minimum atomic E-state index is -0.215. The molecule has 1 heterocycles. The molecule has 0 saturated carbocycles. The smallest absolute Gasteiger partial charge is 0.255 e. The molecule has 1 amide bonds. The molecule has 2 aromatic carbocycles. The van der Waals surface area contributed by atoms with Gasteiger partial charge in [0.2, 0.25) is 11.7 Å². The molecule has 8 heteroatoms. The summed E-state index contributed by atoms with van der Waals surface area (Å²) in [5.74, 6) is 2.16. The summed E-state index contributed by atoms with van der Waals surface area (Å²) in [5, 5.41) is 6.66. The maximum atomic E-state index is 12.4. The lowest BCUT2D eigenvalue weighted by atomic mass is 10.2. The summed E-state index contributed by atoms with van der Waals surface area (Å²) in [6.07, 6.45) is 0.681. The first-order chi connectivity index (χ1) is 13.7. The zero-order chi connectivity index (χ0) is 19.8. The topological polar surface area (TPSA) is 112 Å². The number of anilines is 1. The zero-order valence-electron chi connectivity index (χ0n) is 15.6. The van der Waals surface area contributed by atoms with Crippen molar-refractivity contribution in [3.63, 3.8) is 0 Å². The van der Waals surface area contributed by atoms with Crippen molar-refractivity contribution >= 4 is 11.6 Å². The van der Waals surface area contributed by atoms with Gasteiger partial charge in [0, 0.05) is 24.2 Å². The molecule has 3 N–H and O–H groups in total. The third-order valence-electron chi connectivity index (χ3n) is 3.80. The van der Waals surface area contributed by atoms with Crippen molar-refractivity contribution in [3.05, 3.63) is 65.8 Å². The fourth-order valence-corrected chi connectivity index (χ4v) is 2.36. The number of nitrogens with two attached hydrogens (primary N) is 1. The fraction of sp³-hybridized carbons (Fsp3) is 0.250. The van der Waals surface area contributed by atoms with E-state index < -0.39 is 0 Å². The Morgan fingerprint density at radius 2 is 1.75 bits per heavy atom. The Labute approximate surface area is 162 Å². The first-order valence-corrected chi connectivity index (χ1v) is 8.96. The number of aryl methyl sites for hydroxylation is 1. The van der Waals surface area contributed by atoms with Crippen LogP contribution >= 0.6 is 0 Å². The Morgan fingerprint density at radius 3 is 2.39 bits per heavy atom. The van der Waals surface area contributed by atoms with E-state index in [9.17, 15) is 4.79 Å². The Balaban J connectivity index is 1.52. The van der Waals surface area contributed by atoms with E-state index in [1.165, 1.54) is 0 Å². The molecule has 0 aliphatic rings. The van der Waals surface area contributed by atoms with Crippen LogP contribution in [0.25, 0.3) is 0 Å². The molecular formula is C20H22N4O4. The summed E-state index contributed by atoms with van der Waals surface area (Å²) in [6.45, 7) is 3.04.